The van der Waals surface area contributed by atoms with Crippen LogP contribution in [0.1, 0.15) is 12.5 Å². The molecule has 2 aromatic carbocycles. The SMILES string of the molecule is CCOc1ccc(Nc2ncnc(N3CCN(Cc4ccccc4)CC3)c2N)cc1. The van der Waals surface area contributed by atoms with Crippen LogP contribution in [0.25, 0.3) is 0 Å². The minimum absolute atomic E-state index is 0.572. The Morgan fingerprint density at radius 3 is 2.40 bits per heavy atom. The number of nitrogens with two attached hydrogens (primary N) is 1. The van der Waals surface area contributed by atoms with E-state index < -0.39 is 0 Å². The van der Waals surface area contributed by atoms with Gasteiger partial charge in [0.1, 0.15) is 17.8 Å². The largest absolute Gasteiger partial charge is 0.494 e. The Kier molecular flexibility index (Phi) is 6.29. The summed E-state index contributed by atoms with van der Waals surface area (Å²) in [6.07, 6.45) is 1.57. The van der Waals surface area contributed by atoms with Gasteiger partial charge in [0, 0.05) is 38.4 Å². The van der Waals surface area contributed by atoms with Gasteiger partial charge in [0.25, 0.3) is 0 Å². The molecule has 156 valence electrons. The predicted octanol–water partition coefficient (Wildman–Crippen LogP) is 3.52. The minimum atomic E-state index is 0.572. The Bertz CT molecular complexity index is 940. The van der Waals surface area contributed by atoms with Gasteiger partial charge in [-0.25, -0.2) is 9.97 Å². The fourth-order valence-electron chi connectivity index (χ4n) is 3.64. The Morgan fingerprint density at radius 2 is 1.70 bits per heavy atom. The molecule has 0 saturated carbocycles. The highest BCUT2D eigenvalue weighted by Gasteiger charge is 2.21. The van der Waals surface area contributed by atoms with Gasteiger partial charge in [0.05, 0.1) is 6.61 Å². The molecule has 4 rings (SSSR count). The van der Waals surface area contributed by atoms with Crippen molar-refractivity contribution in [3.05, 3.63) is 66.5 Å². The maximum Gasteiger partial charge on any atom is 0.159 e. The average Bonchev–Trinajstić information content (AvgIpc) is 2.78. The number of nitrogens with zero attached hydrogens (tertiary/aromatic N) is 4. The molecule has 0 atom stereocenters. The molecule has 1 saturated heterocycles. The summed E-state index contributed by atoms with van der Waals surface area (Å²) in [6.45, 7) is 7.30. The third kappa shape index (κ3) is 4.80. The van der Waals surface area contributed by atoms with Gasteiger partial charge in [0.2, 0.25) is 0 Å². The highest BCUT2D eigenvalue weighted by Crippen LogP contribution is 2.29. The lowest BCUT2D eigenvalue weighted by molar-refractivity contribution is 0.249. The van der Waals surface area contributed by atoms with Crippen molar-refractivity contribution in [3.8, 4) is 5.75 Å². The van der Waals surface area contributed by atoms with Gasteiger partial charge in [-0.3, -0.25) is 4.90 Å². The van der Waals surface area contributed by atoms with Crippen molar-refractivity contribution in [2.45, 2.75) is 13.5 Å². The number of aromatic nitrogens is 2. The van der Waals surface area contributed by atoms with E-state index in [2.05, 4.69) is 55.4 Å². The van der Waals surface area contributed by atoms with Crippen molar-refractivity contribution >= 4 is 23.0 Å². The van der Waals surface area contributed by atoms with Crippen LogP contribution in [0.15, 0.2) is 60.9 Å². The zero-order valence-corrected chi connectivity index (χ0v) is 17.3. The number of nitrogen functional groups attached to an aromatic ring is 1. The summed E-state index contributed by atoms with van der Waals surface area (Å²) < 4.78 is 5.49. The number of hydrogen-bond donors (Lipinski definition) is 2. The third-order valence-corrected chi connectivity index (χ3v) is 5.21. The summed E-state index contributed by atoms with van der Waals surface area (Å²) >= 11 is 0. The van der Waals surface area contributed by atoms with Crippen LogP contribution in [-0.2, 0) is 6.54 Å². The second-order valence-electron chi connectivity index (χ2n) is 7.29. The van der Waals surface area contributed by atoms with Crippen LogP contribution in [0.2, 0.25) is 0 Å². The van der Waals surface area contributed by atoms with Crippen LogP contribution in [0.4, 0.5) is 23.0 Å². The van der Waals surface area contributed by atoms with E-state index in [0.717, 1.165) is 50.0 Å². The number of rotatable bonds is 7. The first-order valence-corrected chi connectivity index (χ1v) is 10.3. The number of hydrogen-bond acceptors (Lipinski definition) is 7. The van der Waals surface area contributed by atoms with Crippen molar-refractivity contribution in [1.82, 2.24) is 14.9 Å². The van der Waals surface area contributed by atoms with Gasteiger partial charge >= 0.3 is 0 Å². The summed E-state index contributed by atoms with van der Waals surface area (Å²) in [6, 6.07) is 18.3. The van der Waals surface area contributed by atoms with Crippen molar-refractivity contribution in [3.63, 3.8) is 0 Å². The number of ether oxygens (including phenoxy) is 1. The first kappa shape index (κ1) is 20.0. The molecular formula is C23H28N6O. The van der Waals surface area contributed by atoms with Crippen LogP contribution in [-0.4, -0.2) is 47.7 Å². The Hall–Kier alpha value is -3.32. The van der Waals surface area contributed by atoms with Crippen LogP contribution >= 0.6 is 0 Å². The van der Waals surface area contributed by atoms with E-state index in [1.54, 1.807) is 6.33 Å². The molecule has 1 aliphatic heterocycles. The monoisotopic (exact) mass is 404 g/mol. The fraction of sp³-hybridized carbons (Fsp3) is 0.304. The van der Waals surface area contributed by atoms with Crippen molar-refractivity contribution in [2.75, 3.05) is 48.7 Å². The van der Waals surface area contributed by atoms with Crippen LogP contribution < -0.4 is 20.7 Å². The van der Waals surface area contributed by atoms with E-state index in [1.807, 2.05) is 31.2 Å². The molecule has 1 aromatic heterocycles. The lowest BCUT2D eigenvalue weighted by Gasteiger charge is -2.36. The van der Waals surface area contributed by atoms with E-state index >= 15 is 0 Å². The van der Waals surface area contributed by atoms with E-state index in [-0.39, 0.29) is 0 Å². The van der Waals surface area contributed by atoms with Gasteiger partial charge in [-0.15, -0.1) is 0 Å². The maximum atomic E-state index is 6.43. The summed E-state index contributed by atoms with van der Waals surface area (Å²) in [5.74, 6) is 2.25. The molecule has 7 nitrogen and oxygen atoms in total. The predicted molar refractivity (Wildman–Crippen MR) is 121 cm³/mol. The topological polar surface area (TPSA) is 79.5 Å². The number of benzene rings is 2. The Morgan fingerprint density at radius 1 is 0.967 bits per heavy atom. The molecule has 1 aliphatic rings. The van der Waals surface area contributed by atoms with Crippen molar-refractivity contribution in [1.29, 1.82) is 0 Å². The minimum Gasteiger partial charge on any atom is -0.494 e. The number of nitrogens with one attached hydrogen (secondary N) is 1. The van der Waals surface area contributed by atoms with Crippen LogP contribution in [0.3, 0.4) is 0 Å². The van der Waals surface area contributed by atoms with Crippen LogP contribution in [0.5, 0.6) is 5.75 Å². The molecule has 0 bridgehead atoms. The molecule has 30 heavy (non-hydrogen) atoms. The molecular weight excluding hydrogens is 376 g/mol. The standard InChI is InChI=1S/C23H28N6O/c1-2-30-20-10-8-19(9-11-20)27-22-21(24)23(26-17-25-22)29-14-12-28(13-15-29)16-18-6-4-3-5-7-18/h3-11,17H,2,12-16,24H2,1H3,(H,25,26,27). The smallest absolute Gasteiger partial charge is 0.159 e. The maximum absolute atomic E-state index is 6.43. The Labute approximate surface area is 177 Å². The zero-order valence-electron chi connectivity index (χ0n) is 17.3. The van der Waals surface area contributed by atoms with Crippen molar-refractivity contribution < 1.29 is 4.74 Å². The zero-order chi connectivity index (χ0) is 20.8. The normalized spacial score (nSPS) is 14.5. The molecule has 0 amide bonds. The van der Waals surface area contributed by atoms with Crippen molar-refractivity contribution in [2.24, 2.45) is 0 Å². The van der Waals surface area contributed by atoms with E-state index in [0.29, 0.717) is 18.1 Å². The molecule has 0 aliphatic carbocycles. The van der Waals surface area contributed by atoms with E-state index in [1.165, 1.54) is 5.56 Å². The van der Waals surface area contributed by atoms with Gasteiger partial charge in [-0.05, 0) is 36.8 Å². The summed E-state index contributed by atoms with van der Waals surface area (Å²) in [7, 11) is 0. The highest BCUT2D eigenvalue weighted by atomic mass is 16.5. The summed E-state index contributed by atoms with van der Waals surface area (Å²) in [5, 5.41) is 3.29. The first-order chi connectivity index (χ1) is 14.7. The van der Waals surface area contributed by atoms with Gasteiger partial charge < -0.3 is 20.7 Å². The van der Waals surface area contributed by atoms with E-state index in [9.17, 15) is 0 Å². The Balaban J connectivity index is 1.39. The second kappa shape index (κ2) is 9.45. The molecule has 3 aromatic rings. The summed E-state index contributed by atoms with van der Waals surface area (Å²) in [5.41, 5.74) is 9.25. The van der Waals surface area contributed by atoms with Crippen LogP contribution in [0, 0.1) is 0 Å². The number of anilines is 4. The lowest BCUT2D eigenvalue weighted by atomic mass is 10.2. The molecule has 1 fully saturated rings. The highest BCUT2D eigenvalue weighted by molar-refractivity contribution is 5.78. The lowest BCUT2D eigenvalue weighted by Crippen LogP contribution is -2.46. The van der Waals surface area contributed by atoms with E-state index in [4.69, 9.17) is 10.5 Å². The first-order valence-electron chi connectivity index (χ1n) is 10.3. The third-order valence-electron chi connectivity index (χ3n) is 5.21. The molecule has 3 N–H and O–H groups in total. The molecule has 0 radical (unpaired) electrons. The molecule has 7 heteroatoms. The number of piperazine rings is 1. The molecule has 0 spiro atoms. The van der Waals surface area contributed by atoms with Gasteiger partial charge in [0.15, 0.2) is 11.6 Å². The molecule has 2 heterocycles. The fourth-order valence-corrected chi connectivity index (χ4v) is 3.64. The van der Waals surface area contributed by atoms with Gasteiger partial charge in [-0.2, -0.15) is 0 Å². The second-order valence-corrected chi connectivity index (χ2v) is 7.29. The molecule has 0 unspecified atom stereocenters. The van der Waals surface area contributed by atoms with Gasteiger partial charge in [-0.1, -0.05) is 30.3 Å². The quantitative estimate of drug-likeness (QED) is 0.624. The average molecular weight is 405 g/mol. The summed E-state index contributed by atoms with van der Waals surface area (Å²) in [4.78, 5) is 13.5.